The molecule has 2 aromatic rings. The summed E-state index contributed by atoms with van der Waals surface area (Å²) < 4.78 is 11.8. The van der Waals surface area contributed by atoms with Crippen LogP contribution >= 0.6 is 0 Å². The van der Waals surface area contributed by atoms with E-state index in [0.717, 1.165) is 5.19 Å². The molecule has 1 aliphatic rings. The van der Waals surface area contributed by atoms with Crippen molar-refractivity contribution in [1.82, 2.24) is 0 Å². The lowest BCUT2D eigenvalue weighted by Gasteiger charge is -2.27. The SMILES string of the molecule is C[Si](C)(C)c1cccc2c1Oc1c(cccc1C(=O)O)O2. The molecule has 0 saturated heterocycles. The Kier molecular flexibility index (Phi) is 3.02. The third-order valence-corrected chi connectivity index (χ3v) is 5.43. The van der Waals surface area contributed by atoms with Crippen LogP contribution in [0.2, 0.25) is 19.6 Å². The molecule has 0 saturated carbocycles. The van der Waals surface area contributed by atoms with Crippen LogP contribution in [0.1, 0.15) is 10.4 Å². The highest BCUT2D eigenvalue weighted by Gasteiger charge is 2.30. The lowest BCUT2D eigenvalue weighted by molar-refractivity contribution is 0.0693. The van der Waals surface area contributed by atoms with Gasteiger partial charge in [0.05, 0.1) is 8.07 Å². The number of hydrogen-bond donors (Lipinski definition) is 1. The van der Waals surface area contributed by atoms with Crippen molar-refractivity contribution < 1.29 is 19.4 Å². The predicted octanol–water partition coefficient (Wildman–Crippen LogP) is 3.83. The number of benzene rings is 2. The Bertz CT molecular complexity index is 732. The Morgan fingerprint density at radius 3 is 2.19 bits per heavy atom. The Morgan fingerprint density at radius 1 is 0.952 bits per heavy atom. The van der Waals surface area contributed by atoms with E-state index in [4.69, 9.17) is 9.47 Å². The standard InChI is InChI=1S/C16H16O4Si/c1-21(2,3)13-9-5-8-12-15(13)20-14-10(16(17)18)6-4-7-11(14)19-12/h4-9H,1-3H3,(H,17,18). The quantitative estimate of drug-likeness (QED) is 0.731. The number of carboxylic acid groups (broad SMARTS) is 1. The van der Waals surface area contributed by atoms with Crippen LogP contribution in [0, 0.1) is 0 Å². The second-order valence-electron chi connectivity index (χ2n) is 6.02. The van der Waals surface area contributed by atoms with Crippen LogP contribution in [-0.2, 0) is 0 Å². The van der Waals surface area contributed by atoms with Crippen LogP contribution < -0.4 is 14.7 Å². The van der Waals surface area contributed by atoms with Crippen LogP contribution in [-0.4, -0.2) is 19.1 Å². The second kappa shape index (κ2) is 4.63. The Hall–Kier alpha value is -2.27. The maximum atomic E-state index is 11.3. The number of carboxylic acids is 1. The van der Waals surface area contributed by atoms with Crippen molar-refractivity contribution in [3.63, 3.8) is 0 Å². The van der Waals surface area contributed by atoms with Crippen molar-refractivity contribution in [3.05, 3.63) is 42.0 Å². The third-order valence-electron chi connectivity index (χ3n) is 3.42. The highest BCUT2D eigenvalue weighted by atomic mass is 28.3. The average molecular weight is 300 g/mol. The zero-order valence-corrected chi connectivity index (χ0v) is 13.1. The monoisotopic (exact) mass is 300 g/mol. The van der Waals surface area contributed by atoms with Gasteiger partial charge in [0.1, 0.15) is 5.56 Å². The average Bonchev–Trinajstić information content (AvgIpc) is 2.42. The number of carbonyl (C=O) groups is 1. The fraction of sp³-hybridized carbons (Fsp3) is 0.188. The summed E-state index contributed by atoms with van der Waals surface area (Å²) in [6.07, 6.45) is 0. The van der Waals surface area contributed by atoms with Gasteiger partial charge in [-0.25, -0.2) is 4.79 Å². The van der Waals surface area contributed by atoms with E-state index in [9.17, 15) is 9.90 Å². The Balaban J connectivity index is 2.17. The van der Waals surface area contributed by atoms with Gasteiger partial charge in [0.15, 0.2) is 23.0 Å². The van der Waals surface area contributed by atoms with Crippen molar-refractivity contribution in [3.8, 4) is 23.0 Å². The molecule has 0 aliphatic carbocycles. The van der Waals surface area contributed by atoms with E-state index in [1.165, 1.54) is 6.07 Å². The first-order valence-electron chi connectivity index (χ1n) is 6.73. The van der Waals surface area contributed by atoms with Crippen molar-refractivity contribution >= 4 is 19.2 Å². The van der Waals surface area contributed by atoms with Crippen molar-refractivity contribution in [2.45, 2.75) is 19.6 Å². The fourth-order valence-electron chi connectivity index (χ4n) is 2.38. The molecule has 0 bridgehead atoms. The molecule has 0 radical (unpaired) electrons. The molecule has 1 heterocycles. The largest absolute Gasteiger partial charge is 0.478 e. The molecule has 4 nitrogen and oxygen atoms in total. The van der Waals surface area contributed by atoms with Crippen LogP contribution in [0.5, 0.6) is 23.0 Å². The minimum Gasteiger partial charge on any atom is -0.478 e. The van der Waals surface area contributed by atoms with Crippen molar-refractivity contribution in [2.75, 3.05) is 0 Å². The van der Waals surface area contributed by atoms with Gasteiger partial charge in [0.25, 0.3) is 0 Å². The van der Waals surface area contributed by atoms with E-state index in [0.29, 0.717) is 17.2 Å². The molecule has 0 unspecified atom stereocenters. The second-order valence-corrected chi connectivity index (χ2v) is 11.1. The molecular weight excluding hydrogens is 284 g/mol. The molecule has 0 spiro atoms. The van der Waals surface area contributed by atoms with Gasteiger partial charge in [-0.1, -0.05) is 37.8 Å². The van der Waals surface area contributed by atoms with Crippen LogP contribution in [0.3, 0.4) is 0 Å². The first-order chi connectivity index (χ1) is 9.88. The number of hydrogen-bond acceptors (Lipinski definition) is 3. The van der Waals surface area contributed by atoms with Crippen molar-refractivity contribution in [1.29, 1.82) is 0 Å². The highest BCUT2D eigenvalue weighted by molar-refractivity contribution is 6.89. The molecule has 1 N–H and O–H groups in total. The van der Waals surface area contributed by atoms with Gasteiger partial charge >= 0.3 is 5.97 Å². The summed E-state index contributed by atoms with van der Waals surface area (Å²) in [5.74, 6) is 0.991. The summed E-state index contributed by atoms with van der Waals surface area (Å²) in [6.45, 7) is 6.64. The van der Waals surface area contributed by atoms with E-state index < -0.39 is 14.0 Å². The summed E-state index contributed by atoms with van der Waals surface area (Å²) in [5, 5.41) is 10.4. The van der Waals surface area contributed by atoms with Crippen LogP contribution in [0.4, 0.5) is 0 Å². The zero-order valence-electron chi connectivity index (χ0n) is 12.1. The van der Waals surface area contributed by atoms with Gasteiger partial charge < -0.3 is 14.6 Å². The van der Waals surface area contributed by atoms with E-state index in [1.807, 2.05) is 18.2 Å². The van der Waals surface area contributed by atoms with Gasteiger partial charge in [-0.2, -0.15) is 0 Å². The fourth-order valence-corrected chi connectivity index (χ4v) is 3.83. The maximum absolute atomic E-state index is 11.3. The number of para-hydroxylation sites is 2. The van der Waals surface area contributed by atoms with E-state index in [1.54, 1.807) is 12.1 Å². The lowest BCUT2D eigenvalue weighted by Crippen LogP contribution is -2.38. The summed E-state index contributed by atoms with van der Waals surface area (Å²) in [5.41, 5.74) is 0.114. The zero-order chi connectivity index (χ0) is 15.2. The van der Waals surface area contributed by atoms with Crippen molar-refractivity contribution in [2.24, 2.45) is 0 Å². The molecule has 3 rings (SSSR count). The molecule has 5 heteroatoms. The molecule has 1 aliphatic heterocycles. The summed E-state index contributed by atoms with van der Waals surface area (Å²) in [7, 11) is -1.63. The number of rotatable bonds is 2. The molecule has 0 aromatic heterocycles. The Labute approximate surface area is 124 Å². The summed E-state index contributed by atoms with van der Waals surface area (Å²) in [4.78, 5) is 11.3. The van der Waals surface area contributed by atoms with Gasteiger partial charge in [0, 0.05) is 0 Å². The topological polar surface area (TPSA) is 55.8 Å². The minimum atomic E-state index is -1.63. The maximum Gasteiger partial charge on any atom is 0.339 e. The van der Waals surface area contributed by atoms with Crippen LogP contribution in [0.25, 0.3) is 0 Å². The molecular formula is C16H16O4Si. The molecule has 0 amide bonds. The molecule has 108 valence electrons. The van der Waals surface area contributed by atoms with E-state index in [2.05, 4.69) is 19.6 Å². The molecule has 21 heavy (non-hydrogen) atoms. The molecule has 0 atom stereocenters. The minimum absolute atomic E-state index is 0.114. The first-order valence-corrected chi connectivity index (χ1v) is 10.2. The van der Waals surface area contributed by atoms with Gasteiger partial charge in [-0.3, -0.25) is 0 Å². The number of ether oxygens (including phenoxy) is 2. The van der Waals surface area contributed by atoms with Gasteiger partial charge in [-0.05, 0) is 23.4 Å². The number of fused-ring (bicyclic) bond motifs is 2. The van der Waals surface area contributed by atoms with Crippen LogP contribution in [0.15, 0.2) is 36.4 Å². The number of aromatic carboxylic acids is 1. The summed E-state index contributed by atoms with van der Waals surface area (Å²) >= 11 is 0. The van der Waals surface area contributed by atoms with E-state index in [-0.39, 0.29) is 11.3 Å². The smallest absolute Gasteiger partial charge is 0.339 e. The Morgan fingerprint density at radius 2 is 1.57 bits per heavy atom. The first kappa shape index (κ1) is 13.7. The predicted molar refractivity (Wildman–Crippen MR) is 83.0 cm³/mol. The van der Waals surface area contributed by atoms with Gasteiger partial charge in [-0.15, -0.1) is 0 Å². The highest BCUT2D eigenvalue weighted by Crippen LogP contribution is 2.46. The normalized spacial score (nSPS) is 12.7. The van der Waals surface area contributed by atoms with Gasteiger partial charge in [0.2, 0.25) is 0 Å². The summed E-state index contributed by atoms with van der Waals surface area (Å²) in [6, 6.07) is 10.7. The van der Waals surface area contributed by atoms with E-state index >= 15 is 0 Å². The lowest BCUT2D eigenvalue weighted by atomic mass is 10.1. The molecule has 2 aromatic carbocycles. The third kappa shape index (κ3) is 2.29. The molecule has 0 fully saturated rings.